The van der Waals surface area contributed by atoms with Crippen molar-refractivity contribution < 1.29 is 0 Å². The van der Waals surface area contributed by atoms with E-state index in [0.717, 1.165) is 70.4 Å². The molecule has 0 radical (unpaired) electrons. The third-order valence-electron chi connectivity index (χ3n) is 9.89. The third kappa shape index (κ3) is 4.57. The predicted octanol–water partition coefficient (Wildman–Crippen LogP) is 10.9. The number of hydrogen-bond donors (Lipinski definition) is 0. The van der Waals surface area contributed by atoms with Gasteiger partial charge in [0, 0.05) is 39.0 Å². The molecule has 4 aromatic carbocycles. The fourth-order valence-electron chi connectivity index (χ4n) is 7.79. The summed E-state index contributed by atoms with van der Waals surface area (Å²) < 4.78 is 4.66. The Morgan fingerprint density at radius 2 is 1.40 bits per heavy atom. The van der Waals surface area contributed by atoms with E-state index in [2.05, 4.69) is 131 Å². The lowest BCUT2D eigenvalue weighted by Gasteiger charge is -2.21. The molecule has 6 aromatic rings. The van der Waals surface area contributed by atoms with Crippen molar-refractivity contribution in [2.24, 2.45) is 0 Å². The second-order valence-electron chi connectivity index (χ2n) is 12.5. The van der Waals surface area contributed by atoms with E-state index in [1.807, 2.05) is 25.1 Å². The van der Waals surface area contributed by atoms with E-state index in [4.69, 9.17) is 0 Å². The first-order valence-electron chi connectivity index (χ1n) is 16.6. The molecule has 0 atom stereocenters. The van der Waals surface area contributed by atoms with Crippen molar-refractivity contribution in [2.45, 2.75) is 39.5 Å². The molecule has 0 N–H and O–H groups in total. The van der Waals surface area contributed by atoms with Gasteiger partial charge in [-0.25, -0.2) is 0 Å². The molecule has 0 unspecified atom stereocenters. The normalized spacial score (nSPS) is 14.4. The maximum absolute atomic E-state index is 10.5. The van der Waals surface area contributed by atoms with E-state index in [9.17, 15) is 10.5 Å². The van der Waals surface area contributed by atoms with Crippen molar-refractivity contribution in [3.8, 4) is 29.0 Å². The standard InChI is InChI=1S/C44H34N4/c1-3-31(28-46)44(48-42-22-12-8-18-38(42)39-19-9-13-23-43(39)48)29(2)34-14-4-5-15-35(34)32-24-30(27-45)25-33(26-32)47-40-20-10-6-16-36(40)37-17-7-11-21-41(37)47/h3-10,12,14-20,22,24-26H,11,13,21,23H2,1-2H3/b31-3-,44-29-. The maximum atomic E-state index is 10.5. The van der Waals surface area contributed by atoms with E-state index in [1.54, 1.807) is 0 Å². The molecule has 0 spiro atoms. The number of allylic oxidation sites excluding steroid dienone is 6. The van der Waals surface area contributed by atoms with Crippen LogP contribution < -0.4 is 0 Å². The van der Waals surface area contributed by atoms with Gasteiger partial charge in [-0.15, -0.1) is 0 Å². The summed E-state index contributed by atoms with van der Waals surface area (Å²) in [5.41, 5.74) is 14.4. The average molecular weight is 619 g/mol. The minimum atomic E-state index is 0.612. The van der Waals surface area contributed by atoms with Crippen LogP contribution in [0.2, 0.25) is 0 Å². The van der Waals surface area contributed by atoms with Crippen LogP contribution in [0, 0.1) is 22.7 Å². The molecule has 4 heteroatoms. The van der Waals surface area contributed by atoms with Crippen molar-refractivity contribution in [2.75, 3.05) is 0 Å². The van der Waals surface area contributed by atoms with E-state index in [1.165, 1.54) is 33.3 Å². The van der Waals surface area contributed by atoms with E-state index < -0.39 is 0 Å². The fraction of sp³-hybridized carbons (Fsp3) is 0.136. The molecule has 0 amide bonds. The molecule has 0 aliphatic heterocycles. The zero-order chi connectivity index (χ0) is 32.8. The minimum absolute atomic E-state index is 0.612. The van der Waals surface area contributed by atoms with Crippen LogP contribution in [0.15, 0.2) is 115 Å². The maximum Gasteiger partial charge on any atom is 0.101 e. The SMILES string of the molecule is C/C=C(C#N)\C(=C(/C)c1ccccc1-c1cc(C#N)cc(-n2c3c(c4ccccc42)C=CCC3)c1)n1c2c(c3ccccc31)C=CCC2. The molecule has 48 heavy (non-hydrogen) atoms. The fourth-order valence-corrected chi connectivity index (χ4v) is 7.79. The van der Waals surface area contributed by atoms with Crippen molar-refractivity contribution in [3.63, 3.8) is 0 Å². The van der Waals surface area contributed by atoms with E-state index in [0.29, 0.717) is 11.1 Å². The molecule has 0 fully saturated rings. The van der Waals surface area contributed by atoms with E-state index in [-0.39, 0.29) is 0 Å². The highest BCUT2D eigenvalue weighted by molar-refractivity contribution is 6.02. The second kappa shape index (κ2) is 11.9. The minimum Gasteiger partial charge on any atom is -0.313 e. The lowest BCUT2D eigenvalue weighted by molar-refractivity contribution is 0.888. The monoisotopic (exact) mass is 618 g/mol. The number of benzene rings is 4. The Balaban J connectivity index is 1.39. The van der Waals surface area contributed by atoms with Crippen LogP contribution in [-0.2, 0) is 12.8 Å². The first-order valence-corrected chi connectivity index (χ1v) is 16.6. The van der Waals surface area contributed by atoms with Crippen molar-refractivity contribution in [1.29, 1.82) is 10.5 Å². The lowest BCUT2D eigenvalue weighted by Crippen LogP contribution is -2.08. The highest BCUT2D eigenvalue weighted by Crippen LogP contribution is 2.41. The number of rotatable bonds is 5. The topological polar surface area (TPSA) is 57.4 Å². The molecule has 2 aliphatic rings. The Morgan fingerprint density at radius 3 is 2.12 bits per heavy atom. The number of nitrogens with zero attached hydrogens (tertiary/aromatic N) is 4. The largest absolute Gasteiger partial charge is 0.313 e. The van der Waals surface area contributed by atoms with Crippen LogP contribution in [0.3, 0.4) is 0 Å². The second-order valence-corrected chi connectivity index (χ2v) is 12.5. The van der Waals surface area contributed by atoms with Crippen LogP contribution in [0.5, 0.6) is 0 Å². The van der Waals surface area contributed by atoms with Gasteiger partial charge in [0.15, 0.2) is 0 Å². The Bertz CT molecular complexity index is 2490. The van der Waals surface area contributed by atoms with Gasteiger partial charge < -0.3 is 9.13 Å². The number of para-hydroxylation sites is 2. The molecule has 2 heterocycles. The third-order valence-corrected chi connectivity index (χ3v) is 9.89. The number of hydrogen-bond acceptors (Lipinski definition) is 2. The summed E-state index contributed by atoms with van der Waals surface area (Å²) in [5.74, 6) is 0. The number of aromatic nitrogens is 2. The van der Waals surface area contributed by atoms with Crippen molar-refractivity contribution in [3.05, 3.63) is 148 Å². The molecule has 2 aromatic heterocycles. The average Bonchev–Trinajstić information content (AvgIpc) is 3.66. The predicted molar refractivity (Wildman–Crippen MR) is 198 cm³/mol. The summed E-state index contributed by atoms with van der Waals surface area (Å²) in [4.78, 5) is 0. The van der Waals surface area contributed by atoms with Gasteiger partial charge in [0.1, 0.15) is 6.07 Å². The molecule has 0 saturated heterocycles. The van der Waals surface area contributed by atoms with Crippen LogP contribution in [0.4, 0.5) is 0 Å². The zero-order valence-electron chi connectivity index (χ0n) is 27.2. The first kappa shape index (κ1) is 29.3. The van der Waals surface area contributed by atoms with Crippen LogP contribution in [0.1, 0.15) is 60.3 Å². The summed E-state index contributed by atoms with van der Waals surface area (Å²) in [7, 11) is 0. The van der Waals surface area contributed by atoms with Gasteiger partial charge in [-0.3, -0.25) is 0 Å². The Hall–Kier alpha value is -6.10. The van der Waals surface area contributed by atoms with Crippen LogP contribution >= 0.6 is 0 Å². The molecule has 0 bridgehead atoms. The van der Waals surface area contributed by atoms with Crippen molar-refractivity contribution >= 4 is 45.2 Å². The Morgan fingerprint density at radius 1 is 0.750 bits per heavy atom. The summed E-state index contributed by atoms with van der Waals surface area (Å²) in [6.07, 6.45) is 14.7. The van der Waals surface area contributed by atoms with Crippen LogP contribution in [0.25, 0.3) is 62.0 Å². The molecule has 2 aliphatic carbocycles. The molecule has 0 saturated carbocycles. The molecule has 230 valence electrons. The summed E-state index contributed by atoms with van der Waals surface area (Å²) in [6.45, 7) is 4.07. The smallest absolute Gasteiger partial charge is 0.101 e. The van der Waals surface area contributed by atoms with Gasteiger partial charge in [0.05, 0.1) is 33.9 Å². The summed E-state index contributed by atoms with van der Waals surface area (Å²) in [6, 6.07) is 36.6. The first-order chi connectivity index (χ1) is 23.6. The van der Waals surface area contributed by atoms with E-state index >= 15 is 0 Å². The molecular weight excluding hydrogens is 585 g/mol. The molecule has 4 nitrogen and oxygen atoms in total. The van der Waals surface area contributed by atoms with Crippen molar-refractivity contribution in [1.82, 2.24) is 9.13 Å². The van der Waals surface area contributed by atoms with Gasteiger partial charge in [0.25, 0.3) is 0 Å². The Kier molecular flexibility index (Phi) is 7.28. The number of nitriles is 2. The summed E-state index contributed by atoms with van der Waals surface area (Å²) in [5, 5.41) is 23.2. The highest BCUT2D eigenvalue weighted by atomic mass is 15.0. The summed E-state index contributed by atoms with van der Waals surface area (Å²) >= 11 is 0. The van der Waals surface area contributed by atoms with Gasteiger partial charge >= 0.3 is 0 Å². The highest BCUT2D eigenvalue weighted by Gasteiger charge is 2.25. The molecule has 8 rings (SSSR count). The van der Waals surface area contributed by atoms with Gasteiger partial charge in [-0.2, -0.15) is 10.5 Å². The van der Waals surface area contributed by atoms with Gasteiger partial charge in [0.2, 0.25) is 0 Å². The lowest BCUT2D eigenvalue weighted by atomic mass is 9.91. The quantitative estimate of drug-likeness (QED) is 0.143. The molecular formula is C44H34N4. The Labute approximate surface area is 281 Å². The van der Waals surface area contributed by atoms with Gasteiger partial charge in [-0.1, -0.05) is 91.0 Å². The number of fused-ring (bicyclic) bond motifs is 6. The zero-order valence-corrected chi connectivity index (χ0v) is 27.2. The van der Waals surface area contributed by atoms with Crippen LogP contribution in [-0.4, -0.2) is 9.13 Å². The van der Waals surface area contributed by atoms with Gasteiger partial charge in [-0.05, 0) is 92.1 Å².